The Kier molecular flexibility index (Phi) is 5.37. The van der Waals surface area contributed by atoms with Crippen LogP contribution >= 0.6 is 0 Å². The molecule has 0 unspecified atom stereocenters. The maximum Gasteiger partial charge on any atom is 0.292 e. The van der Waals surface area contributed by atoms with E-state index in [1.165, 1.54) is 12.1 Å². The molecule has 1 aliphatic rings. The lowest BCUT2D eigenvalue weighted by atomic mass is 10.0. The van der Waals surface area contributed by atoms with E-state index >= 15 is 0 Å². The molecule has 1 N–H and O–H groups in total. The lowest BCUT2D eigenvalue weighted by Gasteiger charge is -2.33. The third-order valence-electron chi connectivity index (χ3n) is 4.13. The fraction of sp³-hybridized carbons (Fsp3) is 0.278. The molecule has 1 amide bonds. The van der Waals surface area contributed by atoms with Crippen molar-refractivity contribution in [2.45, 2.75) is 6.04 Å². The van der Waals surface area contributed by atoms with Crippen LogP contribution in [0.1, 0.15) is 11.6 Å². The summed E-state index contributed by atoms with van der Waals surface area (Å²) in [6.45, 7) is 2.37. The summed E-state index contributed by atoms with van der Waals surface area (Å²) in [6.07, 6.45) is 0. The number of nitrogens with one attached hydrogen (secondary N) is 1. The summed E-state index contributed by atoms with van der Waals surface area (Å²) in [6, 6.07) is 15.0. The van der Waals surface area contributed by atoms with Crippen LogP contribution in [0, 0.1) is 10.1 Å². The molecule has 1 fully saturated rings. The molecule has 1 aliphatic heterocycles. The van der Waals surface area contributed by atoms with Crippen molar-refractivity contribution in [1.82, 2.24) is 4.90 Å². The minimum absolute atomic E-state index is 0.121. The van der Waals surface area contributed by atoms with Gasteiger partial charge >= 0.3 is 0 Å². The van der Waals surface area contributed by atoms with Gasteiger partial charge in [0.05, 0.1) is 18.1 Å². The molecule has 1 saturated heterocycles. The van der Waals surface area contributed by atoms with Crippen molar-refractivity contribution in [1.29, 1.82) is 0 Å². The molecule has 0 radical (unpaired) electrons. The monoisotopic (exact) mass is 341 g/mol. The normalized spacial score (nSPS) is 16.2. The first-order valence-electron chi connectivity index (χ1n) is 8.08. The Balaban J connectivity index is 1.88. The number of benzene rings is 2. The largest absolute Gasteiger partial charge is 0.379 e. The van der Waals surface area contributed by atoms with Crippen LogP contribution in [-0.2, 0) is 9.53 Å². The summed E-state index contributed by atoms with van der Waals surface area (Å²) >= 11 is 0. The van der Waals surface area contributed by atoms with Crippen LogP contribution in [0.5, 0.6) is 0 Å². The smallest absolute Gasteiger partial charge is 0.292 e. The highest BCUT2D eigenvalue weighted by atomic mass is 16.6. The van der Waals surface area contributed by atoms with Crippen molar-refractivity contribution < 1.29 is 14.5 Å². The van der Waals surface area contributed by atoms with Crippen LogP contribution in [0.4, 0.5) is 11.4 Å². The first-order chi connectivity index (χ1) is 12.2. The molecule has 0 spiro atoms. The summed E-state index contributed by atoms with van der Waals surface area (Å²) in [7, 11) is 0. The number of carbonyl (C=O) groups is 1. The van der Waals surface area contributed by atoms with Gasteiger partial charge in [-0.2, -0.15) is 0 Å². The Morgan fingerprint density at radius 2 is 1.72 bits per heavy atom. The molecule has 3 rings (SSSR count). The molecule has 130 valence electrons. The molecule has 0 saturated carbocycles. The van der Waals surface area contributed by atoms with Gasteiger partial charge in [-0.05, 0) is 11.6 Å². The van der Waals surface area contributed by atoms with E-state index in [-0.39, 0.29) is 17.3 Å². The Bertz CT molecular complexity index is 745. The average Bonchev–Trinajstić information content (AvgIpc) is 2.64. The number of nitro groups is 1. The van der Waals surface area contributed by atoms with E-state index in [1.54, 1.807) is 12.1 Å². The number of amides is 1. The van der Waals surface area contributed by atoms with E-state index in [0.717, 1.165) is 5.56 Å². The zero-order chi connectivity index (χ0) is 17.6. The number of carbonyl (C=O) groups excluding carboxylic acids is 1. The molecule has 25 heavy (non-hydrogen) atoms. The highest BCUT2D eigenvalue weighted by Crippen LogP contribution is 2.27. The summed E-state index contributed by atoms with van der Waals surface area (Å²) < 4.78 is 5.37. The zero-order valence-electron chi connectivity index (χ0n) is 13.6. The summed E-state index contributed by atoms with van der Waals surface area (Å²) in [5, 5.41) is 13.9. The van der Waals surface area contributed by atoms with E-state index in [1.807, 2.05) is 35.2 Å². The van der Waals surface area contributed by atoms with E-state index in [4.69, 9.17) is 4.74 Å². The quantitative estimate of drug-likeness (QED) is 0.667. The molecular weight excluding hydrogens is 322 g/mol. The molecule has 2 aromatic carbocycles. The van der Waals surface area contributed by atoms with Crippen molar-refractivity contribution in [2.75, 3.05) is 31.6 Å². The van der Waals surface area contributed by atoms with Gasteiger partial charge in [-0.15, -0.1) is 0 Å². The Labute approximate surface area is 145 Å². The fourth-order valence-electron chi connectivity index (χ4n) is 2.94. The standard InChI is InChI=1S/C18H19N3O4/c22-18(19-15-8-4-5-9-16(15)21(23)24)17(14-6-2-1-3-7-14)20-10-12-25-13-11-20/h1-9,17H,10-13H2,(H,19,22)/t17-/m0/s1. The van der Waals surface area contributed by atoms with Crippen LogP contribution in [0.3, 0.4) is 0 Å². The van der Waals surface area contributed by atoms with Gasteiger partial charge in [-0.1, -0.05) is 42.5 Å². The van der Waals surface area contributed by atoms with Crippen molar-refractivity contribution in [2.24, 2.45) is 0 Å². The maximum absolute atomic E-state index is 13.0. The van der Waals surface area contributed by atoms with Crippen molar-refractivity contribution in [3.63, 3.8) is 0 Å². The predicted octanol–water partition coefficient (Wildman–Crippen LogP) is 2.61. The minimum atomic E-state index is -0.523. The molecule has 7 nitrogen and oxygen atoms in total. The Morgan fingerprint density at radius 1 is 1.08 bits per heavy atom. The predicted molar refractivity (Wildman–Crippen MR) is 93.3 cm³/mol. The molecule has 7 heteroatoms. The van der Waals surface area contributed by atoms with E-state index in [0.29, 0.717) is 26.3 Å². The molecule has 0 aromatic heterocycles. The Hall–Kier alpha value is -2.77. The van der Waals surface area contributed by atoms with Gasteiger partial charge in [0.1, 0.15) is 11.7 Å². The van der Waals surface area contributed by atoms with Crippen molar-refractivity contribution in [3.8, 4) is 0 Å². The third-order valence-corrected chi connectivity index (χ3v) is 4.13. The van der Waals surface area contributed by atoms with Crippen LogP contribution < -0.4 is 5.32 Å². The lowest BCUT2D eigenvalue weighted by Crippen LogP contribution is -2.43. The highest BCUT2D eigenvalue weighted by Gasteiger charge is 2.30. The SMILES string of the molecule is O=C(Nc1ccccc1[N+](=O)[O-])[C@H](c1ccccc1)N1CCOCC1. The van der Waals surface area contributed by atoms with Gasteiger partial charge in [-0.25, -0.2) is 0 Å². The van der Waals surface area contributed by atoms with Gasteiger partial charge in [0.25, 0.3) is 5.69 Å². The van der Waals surface area contributed by atoms with Gasteiger partial charge in [0, 0.05) is 19.2 Å². The first kappa shape index (κ1) is 17.1. The van der Waals surface area contributed by atoms with Gasteiger partial charge in [0.15, 0.2) is 0 Å². The second kappa shape index (κ2) is 7.87. The Morgan fingerprint density at radius 3 is 2.40 bits per heavy atom. The van der Waals surface area contributed by atoms with E-state index in [2.05, 4.69) is 5.32 Å². The molecule has 0 bridgehead atoms. The number of nitro benzene ring substituents is 1. The number of hydrogen-bond acceptors (Lipinski definition) is 5. The second-order valence-electron chi connectivity index (χ2n) is 5.73. The average molecular weight is 341 g/mol. The number of rotatable bonds is 5. The molecule has 1 atom stereocenters. The minimum Gasteiger partial charge on any atom is -0.379 e. The van der Waals surface area contributed by atoms with Gasteiger partial charge < -0.3 is 10.1 Å². The molecular formula is C18H19N3O4. The summed E-state index contributed by atoms with van der Waals surface area (Å²) in [5.41, 5.74) is 0.928. The van der Waals surface area contributed by atoms with Crippen molar-refractivity contribution in [3.05, 3.63) is 70.3 Å². The number of para-hydroxylation sites is 2. The second-order valence-corrected chi connectivity index (χ2v) is 5.73. The maximum atomic E-state index is 13.0. The number of hydrogen-bond donors (Lipinski definition) is 1. The van der Waals surface area contributed by atoms with Crippen molar-refractivity contribution >= 4 is 17.3 Å². The number of morpholine rings is 1. The van der Waals surface area contributed by atoms with E-state index < -0.39 is 11.0 Å². The van der Waals surface area contributed by atoms with Crippen LogP contribution in [0.15, 0.2) is 54.6 Å². The number of nitrogens with zero attached hydrogens (tertiary/aromatic N) is 2. The van der Waals surface area contributed by atoms with Crippen LogP contribution in [0.25, 0.3) is 0 Å². The molecule has 0 aliphatic carbocycles. The highest BCUT2D eigenvalue weighted by molar-refractivity contribution is 5.97. The van der Waals surface area contributed by atoms with Crippen LogP contribution in [-0.4, -0.2) is 42.0 Å². The van der Waals surface area contributed by atoms with E-state index in [9.17, 15) is 14.9 Å². The third kappa shape index (κ3) is 4.01. The van der Waals surface area contributed by atoms with Crippen LogP contribution in [0.2, 0.25) is 0 Å². The summed E-state index contributed by atoms with van der Waals surface area (Å²) in [5.74, 6) is -0.289. The first-order valence-corrected chi connectivity index (χ1v) is 8.08. The number of ether oxygens (including phenoxy) is 1. The molecule has 1 heterocycles. The van der Waals surface area contributed by atoms with Gasteiger partial charge in [0.2, 0.25) is 5.91 Å². The lowest BCUT2D eigenvalue weighted by molar-refractivity contribution is -0.383. The summed E-state index contributed by atoms with van der Waals surface area (Å²) in [4.78, 5) is 25.7. The number of anilines is 1. The zero-order valence-corrected chi connectivity index (χ0v) is 13.6. The molecule has 2 aromatic rings. The topological polar surface area (TPSA) is 84.7 Å². The van der Waals surface area contributed by atoms with Gasteiger partial charge in [-0.3, -0.25) is 19.8 Å². The fourth-order valence-corrected chi connectivity index (χ4v) is 2.94.